The highest BCUT2D eigenvalue weighted by Gasteiger charge is 2.22. The summed E-state index contributed by atoms with van der Waals surface area (Å²) in [6.45, 7) is 1.22. The maximum Gasteiger partial charge on any atom is 0.253 e. The van der Waals surface area contributed by atoms with E-state index in [1.165, 1.54) is 17.0 Å². The van der Waals surface area contributed by atoms with Crippen LogP contribution < -0.4 is 4.72 Å². The van der Waals surface area contributed by atoms with E-state index in [1.807, 2.05) is 18.2 Å². The molecule has 1 amide bonds. The van der Waals surface area contributed by atoms with Crippen molar-refractivity contribution in [3.8, 4) is 0 Å². The summed E-state index contributed by atoms with van der Waals surface area (Å²) in [5, 5.41) is 0.580. The van der Waals surface area contributed by atoms with Gasteiger partial charge >= 0.3 is 0 Å². The number of amides is 1. The molecule has 0 radical (unpaired) electrons. The van der Waals surface area contributed by atoms with Crippen LogP contribution in [0.2, 0.25) is 5.02 Å². The molecule has 2 aromatic carbocycles. The third-order valence-electron chi connectivity index (χ3n) is 4.63. The van der Waals surface area contributed by atoms with Crippen LogP contribution in [0.25, 0.3) is 0 Å². The van der Waals surface area contributed by atoms with Crippen LogP contribution in [0, 0.1) is 0 Å². The Balaban J connectivity index is 1.70. The van der Waals surface area contributed by atoms with Crippen LogP contribution in [0.15, 0.2) is 53.4 Å². The second-order valence-corrected chi connectivity index (χ2v) is 8.94. The predicted octanol–water partition coefficient (Wildman–Crippen LogP) is 3.07. The summed E-state index contributed by atoms with van der Waals surface area (Å²) in [6, 6.07) is 13.3. The number of nitrogens with one attached hydrogen (secondary N) is 1. The lowest BCUT2D eigenvalue weighted by Gasteiger charge is -2.18. The van der Waals surface area contributed by atoms with Crippen LogP contribution in [-0.4, -0.2) is 45.5 Å². The van der Waals surface area contributed by atoms with Crippen molar-refractivity contribution in [3.63, 3.8) is 0 Å². The standard InChI is InChI=1S/C20H23ClN2O4S/c1-23(14-16-6-2-3-10-19(16)21)20(24)15-7-4-9-18(12-15)28(25,26)22-13-17-8-5-11-27-17/h2-4,6-7,9-10,12,17,22H,5,8,11,13-14H2,1H3. The molecule has 8 heteroatoms. The van der Waals surface area contributed by atoms with E-state index < -0.39 is 10.0 Å². The first-order valence-corrected chi connectivity index (χ1v) is 10.9. The van der Waals surface area contributed by atoms with Crippen molar-refractivity contribution in [3.05, 3.63) is 64.7 Å². The first kappa shape index (κ1) is 20.8. The first-order chi connectivity index (χ1) is 13.4. The number of sulfonamides is 1. The molecule has 150 valence electrons. The van der Waals surface area contributed by atoms with Crippen LogP contribution in [0.3, 0.4) is 0 Å². The van der Waals surface area contributed by atoms with Gasteiger partial charge in [0.2, 0.25) is 10.0 Å². The Morgan fingerprint density at radius 3 is 2.75 bits per heavy atom. The molecule has 1 aliphatic heterocycles. The number of hydrogen-bond acceptors (Lipinski definition) is 4. The van der Waals surface area contributed by atoms with Gasteiger partial charge in [0.15, 0.2) is 0 Å². The van der Waals surface area contributed by atoms with E-state index in [1.54, 1.807) is 25.2 Å². The second-order valence-electron chi connectivity index (χ2n) is 6.77. The van der Waals surface area contributed by atoms with Gasteiger partial charge in [-0.15, -0.1) is 0 Å². The van der Waals surface area contributed by atoms with Gasteiger partial charge in [0.25, 0.3) is 5.91 Å². The Bertz CT molecular complexity index is 943. The molecule has 0 aliphatic carbocycles. The van der Waals surface area contributed by atoms with Gasteiger partial charge in [-0.25, -0.2) is 13.1 Å². The zero-order valence-corrected chi connectivity index (χ0v) is 17.2. The van der Waals surface area contributed by atoms with Crippen molar-refractivity contribution >= 4 is 27.5 Å². The first-order valence-electron chi connectivity index (χ1n) is 9.07. The second kappa shape index (κ2) is 9.05. The summed E-state index contributed by atoms with van der Waals surface area (Å²) in [5.41, 5.74) is 1.12. The Morgan fingerprint density at radius 1 is 1.25 bits per heavy atom. The van der Waals surface area contributed by atoms with Crippen LogP contribution >= 0.6 is 11.6 Å². The fraction of sp³-hybridized carbons (Fsp3) is 0.350. The Hall–Kier alpha value is -1.93. The van der Waals surface area contributed by atoms with Crippen molar-refractivity contribution in [1.82, 2.24) is 9.62 Å². The molecule has 0 bridgehead atoms. The molecule has 0 aromatic heterocycles. The van der Waals surface area contributed by atoms with E-state index in [0.29, 0.717) is 23.7 Å². The lowest BCUT2D eigenvalue weighted by molar-refractivity contribution is 0.0785. The molecule has 28 heavy (non-hydrogen) atoms. The third kappa shape index (κ3) is 5.11. The molecular formula is C20H23ClN2O4S. The van der Waals surface area contributed by atoms with Gasteiger partial charge in [-0.3, -0.25) is 4.79 Å². The topological polar surface area (TPSA) is 75.7 Å². The average molecular weight is 423 g/mol. The lowest BCUT2D eigenvalue weighted by Crippen LogP contribution is -2.32. The van der Waals surface area contributed by atoms with E-state index >= 15 is 0 Å². The highest BCUT2D eigenvalue weighted by atomic mass is 35.5. The molecule has 2 aromatic rings. The normalized spacial score (nSPS) is 16.9. The van der Waals surface area contributed by atoms with E-state index in [-0.39, 0.29) is 23.5 Å². The van der Waals surface area contributed by atoms with Gasteiger partial charge in [0.05, 0.1) is 11.0 Å². The van der Waals surface area contributed by atoms with Crippen LogP contribution in [0.4, 0.5) is 0 Å². The van der Waals surface area contributed by atoms with Gasteiger partial charge in [0.1, 0.15) is 0 Å². The molecular weight excluding hydrogens is 400 g/mol. The highest BCUT2D eigenvalue weighted by Crippen LogP contribution is 2.19. The zero-order valence-electron chi connectivity index (χ0n) is 15.6. The number of carbonyl (C=O) groups excluding carboxylic acids is 1. The van der Waals surface area contributed by atoms with Gasteiger partial charge in [-0.05, 0) is 42.7 Å². The van der Waals surface area contributed by atoms with Gasteiger partial charge in [0, 0.05) is 37.3 Å². The number of halogens is 1. The summed E-state index contributed by atoms with van der Waals surface area (Å²) in [6.07, 6.45) is 1.68. The number of nitrogens with zero attached hydrogens (tertiary/aromatic N) is 1. The summed E-state index contributed by atoms with van der Waals surface area (Å²) in [4.78, 5) is 14.3. The van der Waals surface area contributed by atoms with Crippen LogP contribution in [0.1, 0.15) is 28.8 Å². The summed E-state index contributed by atoms with van der Waals surface area (Å²) in [7, 11) is -2.06. The minimum absolute atomic E-state index is 0.0579. The lowest BCUT2D eigenvalue weighted by atomic mass is 10.1. The predicted molar refractivity (Wildman–Crippen MR) is 108 cm³/mol. The van der Waals surface area contributed by atoms with Gasteiger partial charge < -0.3 is 9.64 Å². The molecule has 1 unspecified atom stereocenters. The summed E-state index contributed by atoms with van der Waals surface area (Å²) >= 11 is 6.16. The molecule has 6 nitrogen and oxygen atoms in total. The van der Waals surface area contributed by atoms with Gasteiger partial charge in [-0.2, -0.15) is 0 Å². The minimum atomic E-state index is -3.72. The maximum atomic E-state index is 12.8. The molecule has 1 N–H and O–H groups in total. The Morgan fingerprint density at radius 2 is 2.04 bits per heavy atom. The third-order valence-corrected chi connectivity index (χ3v) is 6.42. The molecule has 1 saturated heterocycles. The SMILES string of the molecule is CN(Cc1ccccc1Cl)C(=O)c1cccc(S(=O)(=O)NCC2CCCO2)c1. The van der Waals surface area contributed by atoms with Crippen molar-refractivity contribution in [2.75, 3.05) is 20.2 Å². The van der Waals surface area contributed by atoms with E-state index in [9.17, 15) is 13.2 Å². The van der Waals surface area contributed by atoms with Crippen molar-refractivity contribution in [2.45, 2.75) is 30.4 Å². The monoisotopic (exact) mass is 422 g/mol. The minimum Gasteiger partial charge on any atom is -0.377 e. The number of carbonyl (C=O) groups is 1. The molecule has 1 atom stereocenters. The van der Waals surface area contributed by atoms with E-state index in [2.05, 4.69) is 4.72 Å². The quantitative estimate of drug-likeness (QED) is 0.744. The average Bonchev–Trinajstić information content (AvgIpc) is 3.21. The van der Waals surface area contributed by atoms with Crippen molar-refractivity contribution in [1.29, 1.82) is 0 Å². The molecule has 3 rings (SSSR count). The number of rotatable bonds is 7. The smallest absolute Gasteiger partial charge is 0.253 e. The van der Waals surface area contributed by atoms with Gasteiger partial charge in [-0.1, -0.05) is 35.9 Å². The van der Waals surface area contributed by atoms with Crippen LogP contribution in [-0.2, 0) is 21.3 Å². The highest BCUT2D eigenvalue weighted by molar-refractivity contribution is 7.89. The molecule has 0 spiro atoms. The molecule has 0 saturated carbocycles. The largest absolute Gasteiger partial charge is 0.377 e. The Kier molecular flexibility index (Phi) is 6.72. The van der Waals surface area contributed by atoms with Crippen LogP contribution in [0.5, 0.6) is 0 Å². The molecule has 1 heterocycles. The fourth-order valence-electron chi connectivity index (χ4n) is 3.06. The summed E-state index contributed by atoms with van der Waals surface area (Å²) in [5.74, 6) is -0.281. The maximum absolute atomic E-state index is 12.8. The zero-order chi connectivity index (χ0) is 20.1. The number of hydrogen-bond donors (Lipinski definition) is 1. The van der Waals surface area contributed by atoms with Crippen molar-refractivity contribution in [2.24, 2.45) is 0 Å². The Labute approximate surface area is 170 Å². The number of benzene rings is 2. The number of ether oxygens (including phenoxy) is 1. The summed E-state index contributed by atoms with van der Waals surface area (Å²) < 4.78 is 33.1. The van der Waals surface area contributed by atoms with Crippen molar-refractivity contribution < 1.29 is 17.9 Å². The van der Waals surface area contributed by atoms with E-state index in [0.717, 1.165) is 18.4 Å². The molecule has 1 aliphatic rings. The van der Waals surface area contributed by atoms with E-state index in [4.69, 9.17) is 16.3 Å². The fourth-order valence-corrected chi connectivity index (χ4v) is 4.37. The molecule has 1 fully saturated rings.